The first-order chi connectivity index (χ1) is 17.6. The second-order valence-corrected chi connectivity index (χ2v) is 8.60. The van der Waals surface area contributed by atoms with E-state index in [2.05, 4.69) is 46.5 Å². The number of nitrogens with one attached hydrogen (secondary N) is 2. The van der Waals surface area contributed by atoms with Crippen LogP contribution in [0.3, 0.4) is 0 Å². The van der Waals surface area contributed by atoms with Gasteiger partial charge >= 0.3 is 0 Å². The summed E-state index contributed by atoms with van der Waals surface area (Å²) in [5.74, 6) is 0.974. The van der Waals surface area contributed by atoms with Gasteiger partial charge in [-0.25, -0.2) is 4.68 Å². The van der Waals surface area contributed by atoms with Crippen molar-refractivity contribution < 1.29 is 4.79 Å². The Morgan fingerprint density at radius 3 is 2.44 bits per heavy atom. The van der Waals surface area contributed by atoms with E-state index in [1.54, 1.807) is 17.1 Å². The summed E-state index contributed by atoms with van der Waals surface area (Å²) in [6.07, 6.45) is 3.49. The highest BCUT2D eigenvalue weighted by Crippen LogP contribution is 2.36. The molecule has 0 saturated heterocycles. The van der Waals surface area contributed by atoms with Gasteiger partial charge in [0.25, 0.3) is 5.91 Å². The number of carbonyl (C=O) groups excluding carboxylic acids is 1. The Morgan fingerprint density at radius 2 is 1.78 bits per heavy atom. The number of rotatable bonds is 7. The maximum atomic E-state index is 13.5. The molecule has 0 radical (unpaired) electrons. The van der Waals surface area contributed by atoms with Crippen molar-refractivity contribution in [1.29, 1.82) is 0 Å². The van der Waals surface area contributed by atoms with Crippen molar-refractivity contribution in [1.82, 2.24) is 19.7 Å². The summed E-state index contributed by atoms with van der Waals surface area (Å²) in [6.45, 7) is 8.08. The lowest BCUT2D eigenvalue weighted by atomic mass is 9.96. The van der Waals surface area contributed by atoms with Gasteiger partial charge in [0.05, 0.1) is 5.57 Å². The molecule has 8 nitrogen and oxygen atoms in total. The number of anilines is 3. The summed E-state index contributed by atoms with van der Waals surface area (Å²) >= 11 is 0. The van der Waals surface area contributed by atoms with Crippen LogP contribution in [0.2, 0.25) is 0 Å². The molecule has 3 heterocycles. The topological polar surface area (TPSA) is 88.0 Å². The third kappa shape index (κ3) is 4.45. The zero-order chi connectivity index (χ0) is 25.1. The Morgan fingerprint density at radius 1 is 1.03 bits per heavy atom. The number of pyridine rings is 1. The van der Waals surface area contributed by atoms with Crippen LogP contribution in [0.25, 0.3) is 11.4 Å². The lowest BCUT2D eigenvalue weighted by Gasteiger charge is -2.28. The number of benzene rings is 2. The standard InChI is InChI=1S/C28H29N7O/c1-4-34(5-2)23-15-13-20(14-16-23)26-32-28-30-19(3)24(27(36)31-22-11-7-6-8-12-22)25(35(28)33-26)21-10-9-17-29-18-21/h6-18,25H,4-5H2,1-3H3,(H,31,36)(H,30,32,33). The first kappa shape index (κ1) is 23.3. The number of hydrogen-bond donors (Lipinski definition) is 2. The number of amides is 1. The SMILES string of the molecule is CCN(CC)c1ccc(-c2nc3n(n2)C(c2cccnc2)C(C(=O)Nc2ccccc2)=C(C)N3)cc1. The largest absolute Gasteiger partial charge is 0.372 e. The second kappa shape index (κ2) is 10.0. The van der Waals surface area contributed by atoms with Crippen LogP contribution in [-0.4, -0.2) is 38.7 Å². The molecule has 36 heavy (non-hydrogen) atoms. The van der Waals surface area contributed by atoms with Gasteiger partial charge in [0, 0.05) is 48.1 Å². The van der Waals surface area contributed by atoms with Crippen molar-refractivity contribution in [3.05, 3.63) is 96.0 Å². The number of allylic oxidation sites excluding steroid dienone is 1. The Bertz CT molecular complexity index is 1370. The van der Waals surface area contributed by atoms with Crippen LogP contribution in [-0.2, 0) is 4.79 Å². The average molecular weight is 480 g/mol. The molecular weight excluding hydrogens is 450 g/mol. The van der Waals surface area contributed by atoms with Crippen molar-refractivity contribution in [2.45, 2.75) is 26.8 Å². The van der Waals surface area contributed by atoms with Gasteiger partial charge in [0.1, 0.15) is 6.04 Å². The maximum absolute atomic E-state index is 13.5. The predicted octanol–water partition coefficient (Wildman–Crippen LogP) is 5.11. The minimum atomic E-state index is -0.477. The van der Waals surface area contributed by atoms with Crippen molar-refractivity contribution in [2.75, 3.05) is 28.6 Å². The van der Waals surface area contributed by atoms with Crippen LogP contribution in [0.1, 0.15) is 32.4 Å². The fourth-order valence-corrected chi connectivity index (χ4v) is 4.54. The monoisotopic (exact) mass is 479 g/mol. The van der Waals surface area contributed by atoms with Gasteiger partial charge in [-0.3, -0.25) is 9.78 Å². The maximum Gasteiger partial charge on any atom is 0.255 e. The van der Waals surface area contributed by atoms with Crippen LogP contribution in [0.4, 0.5) is 17.3 Å². The van der Waals surface area contributed by atoms with E-state index < -0.39 is 6.04 Å². The molecule has 0 fully saturated rings. The second-order valence-electron chi connectivity index (χ2n) is 8.60. The van der Waals surface area contributed by atoms with Gasteiger partial charge in [0.15, 0.2) is 5.82 Å². The van der Waals surface area contributed by atoms with Crippen LogP contribution >= 0.6 is 0 Å². The van der Waals surface area contributed by atoms with E-state index in [9.17, 15) is 4.79 Å². The van der Waals surface area contributed by atoms with Gasteiger partial charge in [-0.1, -0.05) is 24.3 Å². The highest BCUT2D eigenvalue weighted by atomic mass is 16.1. The molecule has 0 saturated carbocycles. The minimum absolute atomic E-state index is 0.202. The van der Waals surface area contributed by atoms with Crippen molar-refractivity contribution in [3.8, 4) is 11.4 Å². The van der Waals surface area contributed by atoms with E-state index in [-0.39, 0.29) is 5.91 Å². The fraction of sp³-hybridized carbons (Fsp3) is 0.214. The van der Waals surface area contributed by atoms with E-state index in [1.807, 2.05) is 61.5 Å². The fourth-order valence-electron chi connectivity index (χ4n) is 4.54. The molecule has 182 valence electrons. The van der Waals surface area contributed by atoms with Gasteiger partial charge in [-0.05, 0) is 68.8 Å². The Kier molecular flexibility index (Phi) is 6.49. The third-order valence-electron chi connectivity index (χ3n) is 6.38. The number of carbonyl (C=O) groups is 1. The Hall–Kier alpha value is -4.46. The highest BCUT2D eigenvalue weighted by molar-refractivity contribution is 6.06. The normalized spacial score (nSPS) is 14.7. The summed E-state index contributed by atoms with van der Waals surface area (Å²) in [5, 5.41) is 11.2. The lowest BCUT2D eigenvalue weighted by molar-refractivity contribution is -0.113. The van der Waals surface area contributed by atoms with E-state index in [1.165, 1.54) is 0 Å². The first-order valence-corrected chi connectivity index (χ1v) is 12.1. The molecule has 1 unspecified atom stereocenters. The number of aromatic nitrogens is 4. The smallest absolute Gasteiger partial charge is 0.255 e. The summed E-state index contributed by atoms with van der Waals surface area (Å²) in [5.41, 5.74) is 4.94. The molecule has 1 aliphatic heterocycles. The van der Waals surface area contributed by atoms with Gasteiger partial charge in [0.2, 0.25) is 5.95 Å². The molecular formula is C28H29N7O. The molecule has 1 aliphatic rings. The summed E-state index contributed by atoms with van der Waals surface area (Å²) in [4.78, 5) is 24.9. The zero-order valence-corrected chi connectivity index (χ0v) is 20.6. The molecule has 5 rings (SSSR count). The van der Waals surface area contributed by atoms with Gasteiger partial charge in [-0.2, -0.15) is 4.98 Å². The van der Waals surface area contributed by atoms with Crippen LogP contribution in [0.15, 0.2) is 90.4 Å². The molecule has 4 aromatic rings. The predicted molar refractivity (Wildman–Crippen MR) is 143 cm³/mol. The minimum Gasteiger partial charge on any atom is -0.372 e. The quantitative estimate of drug-likeness (QED) is 0.383. The van der Waals surface area contributed by atoms with Crippen molar-refractivity contribution in [3.63, 3.8) is 0 Å². The van der Waals surface area contributed by atoms with Crippen LogP contribution in [0, 0.1) is 0 Å². The van der Waals surface area contributed by atoms with E-state index in [0.29, 0.717) is 17.3 Å². The van der Waals surface area contributed by atoms with Crippen molar-refractivity contribution >= 4 is 23.2 Å². The molecule has 8 heteroatoms. The summed E-state index contributed by atoms with van der Waals surface area (Å²) < 4.78 is 1.78. The Balaban J connectivity index is 1.53. The summed E-state index contributed by atoms with van der Waals surface area (Å²) in [7, 11) is 0. The lowest BCUT2D eigenvalue weighted by Crippen LogP contribution is -2.31. The number of nitrogens with zero attached hydrogens (tertiary/aromatic N) is 5. The summed E-state index contributed by atoms with van der Waals surface area (Å²) in [6, 6.07) is 21.0. The molecule has 0 aliphatic carbocycles. The Labute approximate surface area is 210 Å². The van der Waals surface area contributed by atoms with Crippen LogP contribution < -0.4 is 15.5 Å². The number of hydrogen-bond acceptors (Lipinski definition) is 6. The molecule has 2 aromatic heterocycles. The molecule has 1 atom stereocenters. The van der Waals surface area contributed by atoms with Gasteiger partial charge in [-0.15, -0.1) is 5.10 Å². The molecule has 0 bridgehead atoms. The molecule has 0 spiro atoms. The number of para-hydroxylation sites is 1. The average Bonchev–Trinajstić information content (AvgIpc) is 3.33. The molecule has 1 amide bonds. The van der Waals surface area contributed by atoms with Crippen molar-refractivity contribution in [2.24, 2.45) is 0 Å². The third-order valence-corrected chi connectivity index (χ3v) is 6.38. The first-order valence-electron chi connectivity index (χ1n) is 12.1. The molecule has 2 N–H and O–H groups in total. The van der Waals surface area contributed by atoms with Crippen LogP contribution in [0.5, 0.6) is 0 Å². The highest BCUT2D eigenvalue weighted by Gasteiger charge is 2.34. The van der Waals surface area contributed by atoms with Gasteiger partial charge < -0.3 is 15.5 Å². The van der Waals surface area contributed by atoms with E-state index in [0.717, 1.165) is 41.3 Å². The number of fused-ring (bicyclic) bond motifs is 1. The molecule has 2 aromatic carbocycles. The van der Waals surface area contributed by atoms with E-state index in [4.69, 9.17) is 10.1 Å². The zero-order valence-electron chi connectivity index (χ0n) is 20.6. The van der Waals surface area contributed by atoms with E-state index >= 15 is 0 Å².